The Morgan fingerprint density at radius 1 is 1.21 bits per heavy atom. The summed E-state index contributed by atoms with van der Waals surface area (Å²) in [5.74, 6) is 0.175. The summed E-state index contributed by atoms with van der Waals surface area (Å²) in [4.78, 5) is 28.5. The molecule has 3 rings (SSSR count). The minimum absolute atomic E-state index is 0.154. The first-order valence-corrected chi connectivity index (χ1v) is 9.61. The van der Waals surface area contributed by atoms with Gasteiger partial charge in [-0.1, -0.05) is 37.6 Å². The number of nitrogens with two attached hydrogens (primary N) is 1. The third kappa shape index (κ3) is 3.79. The van der Waals surface area contributed by atoms with E-state index in [0.717, 1.165) is 0 Å². The van der Waals surface area contributed by atoms with Gasteiger partial charge in [0, 0.05) is 30.1 Å². The number of aromatic nitrogens is 2. The zero-order valence-electron chi connectivity index (χ0n) is 16.1. The van der Waals surface area contributed by atoms with Crippen molar-refractivity contribution in [2.45, 2.75) is 32.2 Å². The highest BCUT2D eigenvalue weighted by Crippen LogP contribution is 2.31. The van der Waals surface area contributed by atoms with E-state index < -0.39 is 16.2 Å². The van der Waals surface area contributed by atoms with Crippen LogP contribution in [0.3, 0.4) is 0 Å². The number of nitro benzene ring substituents is 1. The second-order valence-electron chi connectivity index (χ2n) is 6.75. The maximum absolute atomic E-state index is 13.3. The van der Waals surface area contributed by atoms with Gasteiger partial charge in [0.2, 0.25) is 0 Å². The van der Waals surface area contributed by atoms with Crippen LogP contribution in [0.1, 0.15) is 48.4 Å². The molecule has 1 heterocycles. The third-order valence-corrected chi connectivity index (χ3v) is 5.49. The molecule has 0 radical (unpaired) electrons. The van der Waals surface area contributed by atoms with Gasteiger partial charge in [0.1, 0.15) is 5.82 Å². The molecule has 1 aromatic heterocycles. The lowest BCUT2D eigenvalue weighted by Gasteiger charge is -2.27. The fraction of sp³-hybridized carbons (Fsp3) is 0.238. The van der Waals surface area contributed by atoms with Gasteiger partial charge in [-0.2, -0.15) is 0 Å². The Hall–Kier alpha value is -3.03. The molecule has 0 bridgehead atoms. The van der Waals surface area contributed by atoms with Crippen LogP contribution in [0.2, 0.25) is 5.02 Å². The Bertz CT molecular complexity index is 1070. The molecular formula is C21H21ClN4O3. The average molecular weight is 413 g/mol. The first kappa shape index (κ1) is 20.7. The van der Waals surface area contributed by atoms with E-state index in [1.54, 1.807) is 47.3 Å². The maximum atomic E-state index is 13.3. The molecule has 0 aliphatic carbocycles. The van der Waals surface area contributed by atoms with Crippen LogP contribution in [0.5, 0.6) is 0 Å². The number of ketones is 1. The summed E-state index contributed by atoms with van der Waals surface area (Å²) in [6.45, 7) is 3.93. The van der Waals surface area contributed by atoms with E-state index in [1.165, 1.54) is 12.1 Å². The van der Waals surface area contributed by atoms with E-state index >= 15 is 0 Å². The molecule has 0 unspecified atom stereocenters. The molecule has 2 aromatic carbocycles. The van der Waals surface area contributed by atoms with Crippen LogP contribution in [0.15, 0.2) is 54.9 Å². The van der Waals surface area contributed by atoms with Crippen molar-refractivity contribution >= 4 is 23.1 Å². The highest BCUT2D eigenvalue weighted by atomic mass is 35.5. The van der Waals surface area contributed by atoms with E-state index in [2.05, 4.69) is 4.98 Å². The standard InChI is InChI=1S/C21H21ClN4O3/c1-3-21(23,4-2)20-24-11-12-25(20)18-10-9-14(26(28)29)13-16(18)19(27)15-7-5-6-8-17(15)22/h5-13H,3-4,23H2,1-2H3. The molecule has 0 spiro atoms. The zero-order chi connectivity index (χ0) is 21.2. The Balaban J connectivity index is 2.25. The molecule has 0 atom stereocenters. The van der Waals surface area contributed by atoms with Gasteiger partial charge in [0.15, 0.2) is 5.78 Å². The molecule has 0 aliphatic heterocycles. The van der Waals surface area contributed by atoms with Crippen LogP contribution in [0, 0.1) is 10.1 Å². The van der Waals surface area contributed by atoms with E-state index in [0.29, 0.717) is 24.4 Å². The Morgan fingerprint density at radius 3 is 2.52 bits per heavy atom. The molecular weight excluding hydrogens is 392 g/mol. The first-order valence-electron chi connectivity index (χ1n) is 9.23. The molecule has 0 saturated carbocycles. The van der Waals surface area contributed by atoms with Gasteiger partial charge in [-0.25, -0.2) is 4.98 Å². The topological polar surface area (TPSA) is 104 Å². The molecule has 150 valence electrons. The van der Waals surface area contributed by atoms with E-state index in [4.69, 9.17) is 17.3 Å². The lowest BCUT2D eigenvalue weighted by atomic mass is 9.92. The van der Waals surface area contributed by atoms with Crippen LogP contribution in [-0.2, 0) is 5.54 Å². The van der Waals surface area contributed by atoms with E-state index in [-0.39, 0.29) is 21.8 Å². The average Bonchev–Trinajstić information content (AvgIpc) is 3.23. The normalized spacial score (nSPS) is 11.4. The summed E-state index contributed by atoms with van der Waals surface area (Å²) < 4.78 is 1.72. The Labute approximate surface area is 173 Å². The molecule has 0 fully saturated rings. The number of hydrogen-bond acceptors (Lipinski definition) is 5. The number of carbonyl (C=O) groups is 1. The predicted octanol–water partition coefficient (Wildman–Crippen LogP) is 4.64. The smallest absolute Gasteiger partial charge is 0.270 e. The number of rotatable bonds is 7. The molecule has 3 aromatic rings. The Kier molecular flexibility index (Phi) is 5.81. The monoisotopic (exact) mass is 412 g/mol. The number of hydrogen-bond donors (Lipinski definition) is 1. The number of nitrogens with zero attached hydrogens (tertiary/aromatic N) is 3. The highest BCUT2D eigenvalue weighted by molar-refractivity contribution is 6.35. The van der Waals surface area contributed by atoms with Crippen LogP contribution in [-0.4, -0.2) is 20.3 Å². The molecule has 7 nitrogen and oxygen atoms in total. The Morgan fingerprint density at radius 2 is 1.90 bits per heavy atom. The minimum atomic E-state index is -0.698. The number of carbonyl (C=O) groups excluding carboxylic acids is 1. The van der Waals surface area contributed by atoms with Gasteiger partial charge in [-0.15, -0.1) is 0 Å². The molecule has 0 amide bonds. The van der Waals surface area contributed by atoms with Crippen molar-refractivity contribution in [2.24, 2.45) is 5.73 Å². The SMILES string of the molecule is CCC(N)(CC)c1nccn1-c1ccc([N+](=O)[O-])cc1C(=O)c1ccccc1Cl. The lowest BCUT2D eigenvalue weighted by Crippen LogP contribution is -2.38. The van der Waals surface area contributed by atoms with Crippen LogP contribution in [0.25, 0.3) is 5.69 Å². The fourth-order valence-electron chi connectivity index (χ4n) is 3.25. The largest absolute Gasteiger partial charge is 0.319 e. The number of benzene rings is 2. The van der Waals surface area contributed by atoms with Crippen LogP contribution >= 0.6 is 11.6 Å². The van der Waals surface area contributed by atoms with Crippen molar-refractivity contribution in [3.63, 3.8) is 0 Å². The molecule has 2 N–H and O–H groups in total. The number of nitro groups is 1. The van der Waals surface area contributed by atoms with Crippen LogP contribution in [0.4, 0.5) is 5.69 Å². The van der Waals surface area contributed by atoms with E-state index in [1.807, 2.05) is 13.8 Å². The first-order chi connectivity index (χ1) is 13.8. The minimum Gasteiger partial charge on any atom is -0.319 e. The second-order valence-corrected chi connectivity index (χ2v) is 7.16. The van der Waals surface area contributed by atoms with Crippen molar-refractivity contribution in [3.8, 4) is 5.69 Å². The lowest BCUT2D eigenvalue weighted by molar-refractivity contribution is -0.384. The van der Waals surface area contributed by atoms with Crippen molar-refractivity contribution in [3.05, 3.63) is 86.9 Å². The summed E-state index contributed by atoms with van der Waals surface area (Å²) in [6, 6.07) is 10.8. The number of non-ortho nitro benzene ring substituents is 1. The van der Waals surface area contributed by atoms with Gasteiger partial charge in [0.25, 0.3) is 5.69 Å². The van der Waals surface area contributed by atoms with E-state index in [9.17, 15) is 14.9 Å². The molecule has 0 aliphatic rings. The van der Waals surface area contributed by atoms with Crippen molar-refractivity contribution in [2.75, 3.05) is 0 Å². The second kappa shape index (κ2) is 8.14. The molecule has 0 saturated heterocycles. The van der Waals surface area contributed by atoms with Gasteiger partial charge in [-0.05, 0) is 31.0 Å². The van der Waals surface area contributed by atoms with Gasteiger partial charge < -0.3 is 10.3 Å². The van der Waals surface area contributed by atoms with Gasteiger partial charge >= 0.3 is 0 Å². The summed E-state index contributed by atoms with van der Waals surface area (Å²) in [7, 11) is 0. The van der Waals surface area contributed by atoms with Crippen LogP contribution < -0.4 is 5.73 Å². The maximum Gasteiger partial charge on any atom is 0.270 e. The summed E-state index contributed by atoms with van der Waals surface area (Å²) >= 11 is 6.20. The molecule has 8 heteroatoms. The molecule has 29 heavy (non-hydrogen) atoms. The fourth-order valence-corrected chi connectivity index (χ4v) is 3.47. The summed E-state index contributed by atoms with van der Waals surface area (Å²) in [6.07, 6.45) is 4.59. The van der Waals surface area contributed by atoms with Crippen molar-refractivity contribution < 1.29 is 9.72 Å². The van der Waals surface area contributed by atoms with Gasteiger partial charge in [-0.3, -0.25) is 14.9 Å². The number of imidazole rings is 1. The highest BCUT2D eigenvalue weighted by Gasteiger charge is 2.30. The third-order valence-electron chi connectivity index (χ3n) is 5.16. The van der Waals surface area contributed by atoms with Crippen molar-refractivity contribution in [1.29, 1.82) is 0 Å². The van der Waals surface area contributed by atoms with Gasteiger partial charge in [0.05, 0.1) is 26.7 Å². The summed E-state index contributed by atoms with van der Waals surface area (Å²) in [5, 5.41) is 11.6. The number of halogens is 1. The zero-order valence-corrected chi connectivity index (χ0v) is 16.9. The predicted molar refractivity (Wildman–Crippen MR) is 112 cm³/mol. The van der Waals surface area contributed by atoms with Crippen molar-refractivity contribution in [1.82, 2.24) is 9.55 Å². The quantitative estimate of drug-likeness (QED) is 0.346. The summed E-state index contributed by atoms with van der Waals surface area (Å²) in [5.41, 5.74) is 6.54.